The predicted molar refractivity (Wildman–Crippen MR) is 70.0 cm³/mol. The smallest absolute Gasteiger partial charge is 0.393 e. The van der Waals surface area contributed by atoms with Crippen molar-refractivity contribution in [3.8, 4) is 5.88 Å². The average molecular weight is 267 g/mol. The molecule has 0 bridgehead atoms. The molecule has 1 saturated carbocycles. The SMILES string of the molecule is CC(C)(C)n1nc(OC(N)=O)cc1C1CCC(O)C1. The Morgan fingerprint density at radius 2 is 2.21 bits per heavy atom. The van der Waals surface area contributed by atoms with Gasteiger partial charge in [-0.25, -0.2) is 4.79 Å². The van der Waals surface area contributed by atoms with Gasteiger partial charge in [-0.05, 0) is 40.0 Å². The number of aliphatic hydroxyl groups excluding tert-OH is 1. The fraction of sp³-hybridized carbons (Fsp3) is 0.692. The first-order valence-corrected chi connectivity index (χ1v) is 6.53. The number of hydrogen-bond acceptors (Lipinski definition) is 4. The van der Waals surface area contributed by atoms with E-state index < -0.39 is 6.09 Å². The van der Waals surface area contributed by atoms with Crippen LogP contribution >= 0.6 is 0 Å². The van der Waals surface area contributed by atoms with E-state index in [4.69, 9.17) is 10.5 Å². The Kier molecular flexibility index (Phi) is 3.54. The number of rotatable bonds is 2. The maximum Gasteiger partial charge on any atom is 0.411 e. The molecule has 106 valence electrons. The van der Waals surface area contributed by atoms with E-state index in [1.54, 1.807) is 6.07 Å². The lowest BCUT2D eigenvalue weighted by Crippen LogP contribution is -2.26. The lowest BCUT2D eigenvalue weighted by atomic mass is 10.0. The quantitative estimate of drug-likeness (QED) is 0.853. The molecule has 1 aromatic heterocycles. The normalized spacial score (nSPS) is 23.6. The first-order valence-electron chi connectivity index (χ1n) is 6.53. The van der Waals surface area contributed by atoms with Gasteiger partial charge in [-0.3, -0.25) is 4.68 Å². The monoisotopic (exact) mass is 267 g/mol. The van der Waals surface area contributed by atoms with Crippen LogP contribution in [0, 0.1) is 0 Å². The fourth-order valence-electron chi connectivity index (χ4n) is 2.58. The van der Waals surface area contributed by atoms with Crippen LogP contribution in [0.1, 0.15) is 51.6 Å². The summed E-state index contributed by atoms with van der Waals surface area (Å²) in [6.45, 7) is 6.09. The Morgan fingerprint density at radius 3 is 2.68 bits per heavy atom. The van der Waals surface area contributed by atoms with Gasteiger partial charge in [0.2, 0.25) is 5.88 Å². The Hall–Kier alpha value is -1.56. The highest BCUT2D eigenvalue weighted by atomic mass is 16.6. The molecule has 19 heavy (non-hydrogen) atoms. The molecule has 2 rings (SSSR count). The van der Waals surface area contributed by atoms with Crippen molar-refractivity contribution in [2.75, 3.05) is 0 Å². The maximum atomic E-state index is 10.8. The van der Waals surface area contributed by atoms with E-state index in [9.17, 15) is 9.90 Å². The number of aliphatic hydroxyl groups is 1. The number of nitrogens with two attached hydrogens (primary N) is 1. The lowest BCUT2D eigenvalue weighted by Gasteiger charge is -2.24. The molecule has 0 radical (unpaired) electrons. The molecule has 2 unspecified atom stereocenters. The Morgan fingerprint density at radius 1 is 1.53 bits per heavy atom. The molecule has 6 heteroatoms. The Bertz CT molecular complexity index is 476. The lowest BCUT2D eigenvalue weighted by molar-refractivity contribution is 0.180. The molecule has 6 nitrogen and oxygen atoms in total. The molecular formula is C13H21N3O3. The average Bonchev–Trinajstić information content (AvgIpc) is 2.82. The molecule has 1 amide bonds. The van der Waals surface area contributed by atoms with Crippen LogP contribution in [0.2, 0.25) is 0 Å². The summed E-state index contributed by atoms with van der Waals surface area (Å²) in [7, 11) is 0. The van der Waals surface area contributed by atoms with Gasteiger partial charge in [-0.1, -0.05) is 0 Å². The first-order chi connectivity index (χ1) is 8.77. The summed E-state index contributed by atoms with van der Waals surface area (Å²) < 4.78 is 6.72. The second kappa shape index (κ2) is 4.85. The second-order valence-corrected chi connectivity index (χ2v) is 6.07. The van der Waals surface area contributed by atoms with Gasteiger partial charge in [-0.15, -0.1) is 5.10 Å². The van der Waals surface area contributed by atoms with Gasteiger partial charge in [0.15, 0.2) is 0 Å². The van der Waals surface area contributed by atoms with Gasteiger partial charge in [-0.2, -0.15) is 0 Å². The highest BCUT2D eigenvalue weighted by Gasteiger charge is 2.31. The van der Waals surface area contributed by atoms with Crippen LogP contribution in [0.5, 0.6) is 5.88 Å². The van der Waals surface area contributed by atoms with Crippen molar-refractivity contribution in [1.29, 1.82) is 0 Å². The third kappa shape index (κ3) is 3.07. The maximum absolute atomic E-state index is 10.8. The summed E-state index contributed by atoms with van der Waals surface area (Å²) in [5.74, 6) is 0.464. The van der Waals surface area contributed by atoms with E-state index in [0.29, 0.717) is 0 Å². The van der Waals surface area contributed by atoms with Crippen molar-refractivity contribution in [3.63, 3.8) is 0 Å². The molecule has 1 fully saturated rings. The van der Waals surface area contributed by atoms with Crippen LogP contribution in [0.4, 0.5) is 4.79 Å². The molecule has 2 atom stereocenters. The number of primary amides is 1. The zero-order valence-electron chi connectivity index (χ0n) is 11.6. The van der Waals surface area contributed by atoms with Crippen molar-refractivity contribution >= 4 is 6.09 Å². The van der Waals surface area contributed by atoms with E-state index in [1.165, 1.54) is 0 Å². The van der Waals surface area contributed by atoms with E-state index in [-0.39, 0.29) is 23.4 Å². The third-order valence-corrected chi connectivity index (χ3v) is 3.38. The standard InChI is InChI=1S/C13H21N3O3/c1-13(2,3)16-10(8-4-5-9(17)6-8)7-11(15-16)19-12(14)18/h7-9,17H,4-6H2,1-3H3,(H2,14,18). The third-order valence-electron chi connectivity index (χ3n) is 3.38. The summed E-state index contributed by atoms with van der Waals surface area (Å²) >= 11 is 0. The number of nitrogens with zero attached hydrogens (tertiary/aromatic N) is 2. The van der Waals surface area contributed by atoms with Crippen molar-refractivity contribution in [2.45, 2.75) is 57.6 Å². The molecule has 1 aliphatic carbocycles. The number of amides is 1. The van der Waals surface area contributed by atoms with Crippen molar-refractivity contribution in [2.24, 2.45) is 5.73 Å². The molecule has 1 aromatic rings. The minimum Gasteiger partial charge on any atom is -0.393 e. The summed E-state index contributed by atoms with van der Waals surface area (Å²) in [6, 6.07) is 1.75. The number of carbonyl (C=O) groups is 1. The summed E-state index contributed by atoms with van der Waals surface area (Å²) in [4.78, 5) is 10.8. The Balaban J connectivity index is 2.34. The van der Waals surface area contributed by atoms with Crippen LogP contribution in [-0.4, -0.2) is 27.1 Å². The van der Waals surface area contributed by atoms with Gasteiger partial charge in [0.25, 0.3) is 0 Å². The highest BCUT2D eigenvalue weighted by molar-refractivity contribution is 5.67. The molecular weight excluding hydrogens is 246 g/mol. The van der Waals surface area contributed by atoms with Gasteiger partial charge in [0.05, 0.1) is 11.6 Å². The van der Waals surface area contributed by atoms with E-state index in [2.05, 4.69) is 5.10 Å². The summed E-state index contributed by atoms with van der Waals surface area (Å²) in [5, 5.41) is 14.0. The number of carbonyl (C=O) groups excluding carboxylic acids is 1. The second-order valence-electron chi connectivity index (χ2n) is 6.07. The molecule has 1 heterocycles. The number of aromatic nitrogens is 2. The van der Waals surface area contributed by atoms with Crippen LogP contribution in [0.15, 0.2) is 6.07 Å². The van der Waals surface area contributed by atoms with Gasteiger partial charge >= 0.3 is 6.09 Å². The zero-order valence-corrected chi connectivity index (χ0v) is 11.6. The molecule has 0 saturated heterocycles. The molecule has 1 aliphatic rings. The first kappa shape index (κ1) is 13.9. The fourth-order valence-corrected chi connectivity index (χ4v) is 2.58. The van der Waals surface area contributed by atoms with Gasteiger partial charge < -0.3 is 15.6 Å². The van der Waals surface area contributed by atoms with Crippen molar-refractivity contribution in [1.82, 2.24) is 9.78 Å². The molecule has 0 aromatic carbocycles. The number of hydrogen-bond donors (Lipinski definition) is 2. The molecule has 0 spiro atoms. The summed E-state index contributed by atoms with van der Waals surface area (Å²) in [6.07, 6.45) is 1.31. The Labute approximate surface area is 112 Å². The van der Waals surface area contributed by atoms with Crippen LogP contribution in [0.25, 0.3) is 0 Å². The van der Waals surface area contributed by atoms with Crippen LogP contribution in [-0.2, 0) is 5.54 Å². The minimum absolute atomic E-state index is 0.220. The van der Waals surface area contributed by atoms with Crippen LogP contribution in [0.3, 0.4) is 0 Å². The van der Waals surface area contributed by atoms with Crippen molar-refractivity contribution in [3.05, 3.63) is 11.8 Å². The molecule has 3 N–H and O–H groups in total. The summed E-state index contributed by atoms with van der Waals surface area (Å²) in [5.41, 5.74) is 5.78. The van der Waals surface area contributed by atoms with E-state index in [1.807, 2.05) is 25.5 Å². The van der Waals surface area contributed by atoms with E-state index in [0.717, 1.165) is 25.0 Å². The number of ether oxygens (including phenoxy) is 1. The van der Waals surface area contributed by atoms with Crippen LogP contribution < -0.4 is 10.5 Å². The molecule has 0 aliphatic heterocycles. The highest BCUT2D eigenvalue weighted by Crippen LogP contribution is 2.37. The zero-order chi connectivity index (χ0) is 14.2. The van der Waals surface area contributed by atoms with Gasteiger partial charge in [0, 0.05) is 17.7 Å². The van der Waals surface area contributed by atoms with Gasteiger partial charge in [0.1, 0.15) is 0 Å². The topological polar surface area (TPSA) is 90.4 Å². The van der Waals surface area contributed by atoms with Crippen molar-refractivity contribution < 1.29 is 14.6 Å². The minimum atomic E-state index is -0.864. The predicted octanol–water partition coefficient (Wildman–Crippen LogP) is 1.72. The van der Waals surface area contributed by atoms with E-state index >= 15 is 0 Å². The largest absolute Gasteiger partial charge is 0.411 e.